The molecular weight excluding hydrogens is 368 g/mol. The van der Waals surface area contributed by atoms with Crippen LogP contribution in [0.15, 0.2) is 18.2 Å². The van der Waals surface area contributed by atoms with E-state index in [2.05, 4.69) is 4.98 Å². The van der Waals surface area contributed by atoms with Crippen molar-refractivity contribution in [2.24, 2.45) is 0 Å². The summed E-state index contributed by atoms with van der Waals surface area (Å²) in [4.78, 5) is 30.4. The average Bonchev–Trinajstić information content (AvgIpc) is 3.02. The average molecular weight is 392 g/mol. The number of hydrogen-bond acceptors (Lipinski definition) is 6. The van der Waals surface area contributed by atoms with Gasteiger partial charge in [-0.05, 0) is 39.0 Å². The molecule has 27 heavy (non-hydrogen) atoms. The van der Waals surface area contributed by atoms with Crippen LogP contribution in [0.4, 0.5) is 0 Å². The molecule has 2 aromatic rings. The lowest BCUT2D eigenvalue weighted by Gasteiger charge is -2.25. The minimum atomic E-state index is -0.930. The second-order valence-electron chi connectivity index (χ2n) is 6.24. The number of ether oxygens (including phenoxy) is 2. The van der Waals surface area contributed by atoms with Gasteiger partial charge in [0.2, 0.25) is 0 Å². The summed E-state index contributed by atoms with van der Waals surface area (Å²) in [5, 5.41) is 9.62. The minimum Gasteiger partial charge on any atom is -0.493 e. The van der Waals surface area contributed by atoms with Gasteiger partial charge in [0.1, 0.15) is 9.88 Å². The van der Waals surface area contributed by atoms with Crippen molar-refractivity contribution in [3.8, 4) is 22.1 Å². The molecule has 0 saturated heterocycles. The van der Waals surface area contributed by atoms with E-state index in [9.17, 15) is 9.59 Å². The lowest BCUT2D eigenvalue weighted by atomic mass is 10.2. The normalized spacial score (nSPS) is 10.7. The van der Waals surface area contributed by atoms with Crippen LogP contribution in [0.5, 0.6) is 11.5 Å². The van der Waals surface area contributed by atoms with E-state index in [1.54, 1.807) is 32.1 Å². The Hall–Kier alpha value is -2.61. The highest BCUT2D eigenvalue weighted by molar-refractivity contribution is 7.17. The van der Waals surface area contributed by atoms with Crippen molar-refractivity contribution in [3.05, 3.63) is 28.8 Å². The first-order chi connectivity index (χ1) is 12.8. The molecule has 146 valence electrons. The summed E-state index contributed by atoms with van der Waals surface area (Å²) in [5.41, 5.74) is 1.44. The Morgan fingerprint density at radius 1 is 1.22 bits per heavy atom. The fraction of sp³-hybridized carbons (Fsp3) is 0.421. The van der Waals surface area contributed by atoms with Crippen LogP contribution in [-0.4, -0.2) is 53.7 Å². The SMILES string of the molecule is COc1ccc(-c2nc(C)c(C(=O)N(CCC(=O)O)C(C)C)s2)cc1OC. The predicted octanol–water partition coefficient (Wildman–Crippen LogP) is 3.46. The number of amides is 1. The molecule has 1 amide bonds. The number of methoxy groups -OCH3 is 2. The van der Waals surface area contributed by atoms with E-state index in [4.69, 9.17) is 14.6 Å². The third-order valence-electron chi connectivity index (χ3n) is 4.07. The number of aryl methyl sites for hydroxylation is 1. The third kappa shape index (κ3) is 4.77. The largest absolute Gasteiger partial charge is 0.493 e. The number of aliphatic carboxylic acids is 1. The van der Waals surface area contributed by atoms with Gasteiger partial charge in [0, 0.05) is 18.2 Å². The Balaban J connectivity index is 2.34. The van der Waals surface area contributed by atoms with Crippen LogP contribution in [0, 0.1) is 6.92 Å². The minimum absolute atomic E-state index is 0.0929. The quantitative estimate of drug-likeness (QED) is 0.740. The summed E-state index contributed by atoms with van der Waals surface area (Å²) in [6, 6.07) is 5.36. The molecule has 0 aliphatic heterocycles. The van der Waals surface area contributed by atoms with Gasteiger partial charge < -0.3 is 19.5 Å². The van der Waals surface area contributed by atoms with Crippen molar-refractivity contribution < 1.29 is 24.2 Å². The predicted molar refractivity (Wildman–Crippen MR) is 104 cm³/mol. The van der Waals surface area contributed by atoms with E-state index in [1.165, 1.54) is 11.3 Å². The highest BCUT2D eigenvalue weighted by atomic mass is 32.1. The molecule has 2 rings (SSSR count). The molecule has 1 aromatic heterocycles. The number of carboxylic acid groups (broad SMARTS) is 1. The molecule has 0 atom stereocenters. The van der Waals surface area contributed by atoms with Gasteiger partial charge >= 0.3 is 5.97 Å². The molecule has 0 radical (unpaired) electrons. The van der Waals surface area contributed by atoms with E-state index in [1.807, 2.05) is 26.0 Å². The molecule has 1 aromatic carbocycles. The topological polar surface area (TPSA) is 89.0 Å². The maximum Gasteiger partial charge on any atom is 0.305 e. The zero-order valence-electron chi connectivity index (χ0n) is 16.1. The molecule has 0 unspecified atom stereocenters. The highest BCUT2D eigenvalue weighted by Crippen LogP contribution is 2.35. The second-order valence-corrected chi connectivity index (χ2v) is 7.24. The van der Waals surface area contributed by atoms with Gasteiger partial charge in [-0.25, -0.2) is 4.98 Å². The number of benzene rings is 1. The van der Waals surface area contributed by atoms with Gasteiger partial charge in [0.25, 0.3) is 5.91 Å². The number of nitrogens with zero attached hydrogens (tertiary/aromatic N) is 2. The standard InChI is InChI=1S/C19H24N2O5S/c1-11(2)21(9-8-16(22)23)19(24)17-12(3)20-18(27-17)13-6-7-14(25-4)15(10-13)26-5/h6-7,10-11H,8-9H2,1-5H3,(H,22,23). The van der Waals surface area contributed by atoms with Crippen LogP contribution in [0.25, 0.3) is 10.6 Å². The Bertz CT molecular complexity index is 832. The number of carbonyl (C=O) groups excluding carboxylic acids is 1. The maximum atomic E-state index is 12.9. The Morgan fingerprint density at radius 2 is 1.89 bits per heavy atom. The Labute approximate surface area is 162 Å². The summed E-state index contributed by atoms with van der Waals surface area (Å²) < 4.78 is 10.6. The van der Waals surface area contributed by atoms with E-state index >= 15 is 0 Å². The number of aromatic nitrogens is 1. The van der Waals surface area contributed by atoms with E-state index < -0.39 is 5.97 Å². The lowest BCUT2D eigenvalue weighted by Crippen LogP contribution is -2.38. The maximum absolute atomic E-state index is 12.9. The number of hydrogen-bond donors (Lipinski definition) is 1. The number of rotatable bonds is 8. The molecule has 0 spiro atoms. The molecule has 0 bridgehead atoms. The van der Waals surface area contributed by atoms with Crippen molar-refractivity contribution in [3.63, 3.8) is 0 Å². The van der Waals surface area contributed by atoms with Crippen LogP contribution >= 0.6 is 11.3 Å². The molecule has 0 fully saturated rings. The Kier molecular flexibility index (Phi) is 6.79. The zero-order chi connectivity index (χ0) is 20.1. The lowest BCUT2D eigenvalue weighted by molar-refractivity contribution is -0.137. The van der Waals surface area contributed by atoms with Gasteiger partial charge in [-0.3, -0.25) is 9.59 Å². The second kappa shape index (κ2) is 8.85. The van der Waals surface area contributed by atoms with E-state index in [-0.39, 0.29) is 24.9 Å². The monoisotopic (exact) mass is 392 g/mol. The van der Waals surface area contributed by atoms with Gasteiger partial charge in [0.05, 0.1) is 26.3 Å². The first kappa shape index (κ1) is 20.7. The number of thiazole rings is 1. The Morgan fingerprint density at radius 3 is 2.44 bits per heavy atom. The zero-order valence-corrected chi connectivity index (χ0v) is 16.9. The van der Waals surface area contributed by atoms with Gasteiger partial charge in [-0.15, -0.1) is 11.3 Å². The molecule has 0 aliphatic carbocycles. The van der Waals surface area contributed by atoms with Crippen LogP contribution < -0.4 is 9.47 Å². The highest BCUT2D eigenvalue weighted by Gasteiger charge is 2.24. The molecular formula is C19H24N2O5S. The number of carboxylic acids is 1. The van der Waals surface area contributed by atoms with Crippen LogP contribution in [0.2, 0.25) is 0 Å². The van der Waals surface area contributed by atoms with Crippen molar-refractivity contribution in [1.82, 2.24) is 9.88 Å². The van der Waals surface area contributed by atoms with Crippen LogP contribution in [-0.2, 0) is 4.79 Å². The first-order valence-electron chi connectivity index (χ1n) is 8.51. The molecule has 0 aliphatic rings. The van der Waals surface area contributed by atoms with Crippen LogP contribution in [0.1, 0.15) is 35.6 Å². The number of carbonyl (C=O) groups is 2. The first-order valence-corrected chi connectivity index (χ1v) is 9.32. The van der Waals surface area contributed by atoms with Crippen LogP contribution in [0.3, 0.4) is 0 Å². The summed E-state index contributed by atoms with van der Waals surface area (Å²) in [6.07, 6.45) is -0.0929. The molecule has 0 saturated carbocycles. The van der Waals surface area contributed by atoms with Gasteiger partial charge in [-0.1, -0.05) is 0 Å². The summed E-state index contributed by atoms with van der Waals surface area (Å²) in [7, 11) is 3.13. The fourth-order valence-electron chi connectivity index (χ4n) is 2.63. The van der Waals surface area contributed by atoms with Crippen molar-refractivity contribution in [1.29, 1.82) is 0 Å². The summed E-state index contributed by atoms with van der Waals surface area (Å²) >= 11 is 1.29. The van der Waals surface area contributed by atoms with Crippen molar-refractivity contribution in [2.45, 2.75) is 33.2 Å². The van der Waals surface area contributed by atoms with Gasteiger partial charge in [0.15, 0.2) is 11.5 Å². The summed E-state index contributed by atoms with van der Waals surface area (Å²) in [5.74, 6) is 0.0694. The molecule has 1 heterocycles. The molecule has 8 heteroatoms. The third-order valence-corrected chi connectivity index (χ3v) is 5.27. The fourth-order valence-corrected chi connectivity index (χ4v) is 3.65. The molecule has 1 N–H and O–H groups in total. The van der Waals surface area contributed by atoms with Crippen molar-refractivity contribution >= 4 is 23.2 Å². The molecule has 7 nitrogen and oxygen atoms in total. The smallest absolute Gasteiger partial charge is 0.305 e. The van der Waals surface area contributed by atoms with E-state index in [0.29, 0.717) is 27.1 Å². The van der Waals surface area contributed by atoms with E-state index in [0.717, 1.165) is 5.56 Å². The summed E-state index contributed by atoms with van der Waals surface area (Å²) in [6.45, 7) is 5.68. The van der Waals surface area contributed by atoms with Gasteiger partial charge in [-0.2, -0.15) is 0 Å². The van der Waals surface area contributed by atoms with Crippen molar-refractivity contribution in [2.75, 3.05) is 20.8 Å².